The minimum atomic E-state index is -0.458. The van der Waals surface area contributed by atoms with Crippen LogP contribution in [0.15, 0.2) is 47.9 Å². The third-order valence-corrected chi connectivity index (χ3v) is 4.64. The number of carbonyl (C=O) groups is 1. The average molecular weight is 378 g/mol. The number of thioether (sulfide) groups is 1. The number of nitrogens with zero attached hydrogens (tertiary/aromatic N) is 4. The van der Waals surface area contributed by atoms with Crippen molar-refractivity contribution in [1.82, 2.24) is 19.7 Å². The van der Waals surface area contributed by atoms with Crippen LogP contribution in [-0.4, -0.2) is 31.4 Å². The van der Waals surface area contributed by atoms with E-state index in [0.29, 0.717) is 16.7 Å². The maximum atomic E-state index is 13.0. The van der Waals surface area contributed by atoms with Crippen molar-refractivity contribution in [3.8, 4) is 11.4 Å². The van der Waals surface area contributed by atoms with Gasteiger partial charge in [0.2, 0.25) is 5.91 Å². The lowest BCUT2D eigenvalue weighted by atomic mass is 10.2. The van der Waals surface area contributed by atoms with Gasteiger partial charge in [0, 0.05) is 25.0 Å². The van der Waals surface area contributed by atoms with Crippen LogP contribution in [0.5, 0.6) is 0 Å². The van der Waals surface area contributed by atoms with Gasteiger partial charge in [-0.2, -0.15) is 0 Å². The summed E-state index contributed by atoms with van der Waals surface area (Å²) in [4.78, 5) is 16.0. The van der Waals surface area contributed by atoms with Crippen molar-refractivity contribution in [2.45, 2.75) is 5.16 Å². The van der Waals surface area contributed by atoms with Crippen molar-refractivity contribution in [2.24, 2.45) is 7.05 Å². The topological polar surface area (TPSA) is 72.7 Å². The maximum absolute atomic E-state index is 13.0. The number of nitrogens with one attached hydrogen (secondary N) is 1. The molecule has 3 aromatic rings. The molecule has 2 heterocycles. The summed E-state index contributed by atoms with van der Waals surface area (Å²) in [5.74, 6) is 0.0784. The lowest BCUT2D eigenvalue weighted by Crippen LogP contribution is -2.14. The summed E-state index contributed by atoms with van der Waals surface area (Å²) < 4.78 is 14.8. The van der Waals surface area contributed by atoms with E-state index < -0.39 is 5.82 Å². The van der Waals surface area contributed by atoms with Crippen molar-refractivity contribution >= 4 is 35.0 Å². The minimum Gasteiger partial charge on any atom is -0.324 e. The van der Waals surface area contributed by atoms with Gasteiger partial charge in [-0.05, 0) is 30.3 Å². The van der Waals surface area contributed by atoms with Gasteiger partial charge in [-0.25, -0.2) is 4.39 Å². The first-order valence-corrected chi connectivity index (χ1v) is 8.58. The molecule has 0 atom stereocenters. The second kappa shape index (κ2) is 7.62. The number of hydrogen-bond acceptors (Lipinski definition) is 5. The zero-order valence-electron chi connectivity index (χ0n) is 13.1. The molecule has 0 saturated carbocycles. The molecule has 2 aromatic heterocycles. The molecule has 0 radical (unpaired) electrons. The van der Waals surface area contributed by atoms with Crippen LogP contribution >= 0.6 is 23.4 Å². The van der Waals surface area contributed by atoms with Gasteiger partial charge in [-0.1, -0.05) is 23.4 Å². The van der Waals surface area contributed by atoms with E-state index >= 15 is 0 Å². The Hall–Kier alpha value is -2.45. The molecule has 0 saturated heterocycles. The molecule has 9 heteroatoms. The Kier molecular flexibility index (Phi) is 5.30. The van der Waals surface area contributed by atoms with Gasteiger partial charge >= 0.3 is 0 Å². The number of halogens is 2. The molecular weight excluding hydrogens is 365 g/mol. The van der Waals surface area contributed by atoms with Gasteiger partial charge in [0.25, 0.3) is 0 Å². The number of anilines is 1. The van der Waals surface area contributed by atoms with Gasteiger partial charge in [-0.15, -0.1) is 10.2 Å². The maximum Gasteiger partial charge on any atom is 0.234 e. The van der Waals surface area contributed by atoms with E-state index in [2.05, 4.69) is 20.5 Å². The number of aromatic nitrogens is 4. The highest BCUT2D eigenvalue weighted by molar-refractivity contribution is 7.99. The highest BCUT2D eigenvalue weighted by Gasteiger charge is 2.13. The van der Waals surface area contributed by atoms with Crippen molar-refractivity contribution in [3.63, 3.8) is 0 Å². The largest absolute Gasteiger partial charge is 0.324 e. The fraction of sp³-hybridized carbons (Fsp3) is 0.125. The van der Waals surface area contributed by atoms with Gasteiger partial charge in [-0.3, -0.25) is 9.78 Å². The Morgan fingerprint density at radius 1 is 1.28 bits per heavy atom. The standard InChI is InChI=1S/C16H13ClFN5OS/c1-23-15(10-4-6-19-7-5-10)21-22-16(23)25-9-14(24)20-13-3-2-11(18)8-12(13)17/h2-8H,9H2,1H3,(H,20,24). The zero-order chi connectivity index (χ0) is 17.8. The van der Waals surface area contributed by atoms with Gasteiger partial charge in [0.15, 0.2) is 11.0 Å². The first kappa shape index (κ1) is 17.4. The molecule has 0 fully saturated rings. The van der Waals surface area contributed by atoms with E-state index in [1.165, 1.54) is 23.9 Å². The van der Waals surface area contributed by atoms with Crippen LogP contribution in [-0.2, 0) is 11.8 Å². The summed E-state index contributed by atoms with van der Waals surface area (Å²) >= 11 is 7.14. The Morgan fingerprint density at radius 3 is 2.76 bits per heavy atom. The molecule has 25 heavy (non-hydrogen) atoms. The van der Waals surface area contributed by atoms with Crippen LogP contribution in [0.25, 0.3) is 11.4 Å². The second-order valence-electron chi connectivity index (χ2n) is 5.06. The lowest BCUT2D eigenvalue weighted by Gasteiger charge is -2.07. The average Bonchev–Trinajstić information content (AvgIpc) is 2.97. The molecule has 0 bridgehead atoms. The molecule has 3 rings (SSSR count). The predicted molar refractivity (Wildman–Crippen MR) is 95.0 cm³/mol. The molecular formula is C16H13ClFN5OS. The van der Waals surface area contributed by atoms with Gasteiger partial charge in [0.1, 0.15) is 5.82 Å². The van der Waals surface area contributed by atoms with E-state index in [0.717, 1.165) is 11.6 Å². The van der Waals surface area contributed by atoms with Crippen molar-refractivity contribution in [2.75, 3.05) is 11.1 Å². The van der Waals surface area contributed by atoms with Crippen LogP contribution in [0.1, 0.15) is 0 Å². The normalized spacial score (nSPS) is 10.7. The smallest absolute Gasteiger partial charge is 0.234 e. The monoisotopic (exact) mass is 377 g/mol. The number of rotatable bonds is 5. The molecule has 0 spiro atoms. The summed E-state index contributed by atoms with van der Waals surface area (Å²) in [5.41, 5.74) is 1.25. The predicted octanol–water partition coefficient (Wildman–Crippen LogP) is 3.40. The third-order valence-electron chi connectivity index (χ3n) is 3.31. The minimum absolute atomic E-state index is 0.121. The summed E-state index contributed by atoms with van der Waals surface area (Å²) in [7, 11) is 1.83. The summed E-state index contributed by atoms with van der Waals surface area (Å²) in [5, 5.41) is 11.6. The Bertz CT molecular complexity index is 903. The molecule has 0 aliphatic heterocycles. The number of amides is 1. The van der Waals surface area contributed by atoms with E-state index in [1.807, 2.05) is 19.2 Å². The first-order chi connectivity index (χ1) is 12.0. The molecule has 1 aromatic carbocycles. The SMILES string of the molecule is Cn1c(SCC(=O)Nc2ccc(F)cc2Cl)nnc1-c1ccncc1. The highest BCUT2D eigenvalue weighted by Crippen LogP contribution is 2.24. The third kappa shape index (κ3) is 4.15. The van der Waals surface area contributed by atoms with Crippen LogP contribution in [0, 0.1) is 5.82 Å². The molecule has 1 amide bonds. The molecule has 0 unspecified atom stereocenters. The Morgan fingerprint density at radius 2 is 2.04 bits per heavy atom. The van der Waals surface area contributed by atoms with Crippen molar-refractivity contribution < 1.29 is 9.18 Å². The summed E-state index contributed by atoms with van der Waals surface area (Å²) in [6.45, 7) is 0. The quantitative estimate of drug-likeness (QED) is 0.690. The second-order valence-corrected chi connectivity index (χ2v) is 6.41. The molecule has 128 valence electrons. The fourth-order valence-electron chi connectivity index (χ4n) is 2.10. The van der Waals surface area contributed by atoms with E-state index in [4.69, 9.17) is 11.6 Å². The van der Waals surface area contributed by atoms with Crippen LogP contribution in [0.4, 0.5) is 10.1 Å². The van der Waals surface area contributed by atoms with Gasteiger partial charge in [0.05, 0.1) is 16.5 Å². The van der Waals surface area contributed by atoms with E-state index in [-0.39, 0.29) is 16.7 Å². The number of hydrogen-bond donors (Lipinski definition) is 1. The summed E-state index contributed by atoms with van der Waals surface area (Å²) in [6, 6.07) is 7.47. The van der Waals surface area contributed by atoms with Gasteiger partial charge < -0.3 is 9.88 Å². The summed E-state index contributed by atoms with van der Waals surface area (Å²) in [6.07, 6.45) is 3.35. The lowest BCUT2D eigenvalue weighted by molar-refractivity contribution is -0.113. The van der Waals surface area contributed by atoms with Crippen LogP contribution in [0.2, 0.25) is 5.02 Å². The molecule has 6 nitrogen and oxygen atoms in total. The zero-order valence-corrected chi connectivity index (χ0v) is 14.7. The molecule has 0 aliphatic carbocycles. The first-order valence-electron chi connectivity index (χ1n) is 7.22. The fourth-order valence-corrected chi connectivity index (χ4v) is 3.03. The van der Waals surface area contributed by atoms with Crippen LogP contribution < -0.4 is 5.32 Å². The van der Waals surface area contributed by atoms with E-state index in [1.54, 1.807) is 17.0 Å². The van der Waals surface area contributed by atoms with E-state index in [9.17, 15) is 9.18 Å². The van der Waals surface area contributed by atoms with Crippen molar-refractivity contribution in [3.05, 3.63) is 53.6 Å². The highest BCUT2D eigenvalue weighted by atomic mass is 35.5. The van der Waals surface area contributed by atoms with Crippen LogP contribution in [0.3, 0.4) is 0 Å². The number of pyridine rings is 1. The Labute approximate surface area is 152 Å². The number of benzene rings is 1. The molecule has 1 N–H and O–H groups in total. The Balaban J connectivity index is 1.64. The number of carbonyl (C=O) groups excluding carboxylic acids is 1. The van der Waals surface area contributed by atoms with Crippen molar-refractivity contribution in [1.29, 1.82) is 0 Å². The molecule has 0 aliphatic rings.